The van der Waals surface area contributed by atoms with Crippen LogP contribution < -0.4 is 20.3 Å². The van der Waals surface area contributed by atoms with E-state index in [9.17, 15) is 14.9 Å². The highest BCUT2D eigenvalue weighted by Crippen LogP contribution is 2.32. The van der Waals surface area contributed by atoms with Crippen molar-refractivity contribution in [1.29, 1.82) is 5.26 Å². The van der Waals surface area contributed by atoms with Gasteiger partial charge in [-0.25, -0.2) is 0 Å². The van der Waals surface area contributed by atoms with E-state index in [2.05, 4.69) is 10.3 Å². The molecule has 2 aromatic carbocycles. The molecule has 0 saturated carbocycles. The highest BCUT2D eigenvalue weighted by atomic mass is 35.5. The van der Waals surface area contributed by atoms with Crippen molar-refractivity contribution in [1.82, 2.24) is 9.38 Å². The van der Waals surface area contributed by atoms with Gasteiger partial charge in [0.05, 0.1) is 12.1 Å². The number of nitriles is 1. The van der Waals surface area contributed by atoms with Crippen LogP contribution in [0.5, 0.6) is 17.4 Å². The highest BCUT2D eigenvalue weighted by molar-refractivity contribution is 6.35. The van der Waals surface area contributed by atoms with E-state index in [1.807, 2.05) is 6.07 Å². The molecule has 8 nitrogen and oxygen atoms in total. The molecule has 180 valence electrons. The Morgan fingerprint density at radius 2 is 1.92 bits per heavy atom. The second-order valence-electron chi connectivity index (χ2n) is 7.55. The Morgan fingerprint density at radius 1 is 1.17 bits per heavy atom. The highest BCUT2D eigenvalue weighted by Gasteiger charge is 2.19. The van der Waals surface area contributed by atoms with E-state index in [0.717, 1.165) is 11.6 Å². The number of nitrogens with zero attached hydrogens (tertiary/aromatic N) is 3. The topological polar surface area (TPSA) is 106 Å². The summed E-state index contributed by atoms with van der Waals surface area (Å²) in [5.74, 6) is -0.0330. The first kappa shape index (κ1) is 24.8. The number of methoxy groups -OCH3 is 1. The van der Waals surface area contributed by atoms with Gasteiger partial charge in [0.1, 0.15) is 34.4 Å². The molecule has 0 aliphatic heterocycles. The van der Waals surface area contributed by atoms with Crippen LogP contribution in [0.3, 0.4) is 0 Å². The number of aromatic nitrogens is 2. The maximum absolute atomic E-state index is 13.4. The predicted molar refractivity (Wildman–Crippen MR) is 138 cm³/mol. The Balaban J connectivity index is 1.81. The lowest BCUT2D eigenvalue weighted by atomic mass is 10.1. The second-order valence-corrected chi connectivity index (χ2v) is 8.39. The van der Waals surface area contributed by atoms with Crippen molar-refractivity contribution in [2.24, 2.45) is 0 Å². The number of carbonyl (C=O) groups excluding carboxylic acids is 1. The van der Waals surface area contributed by atoms with Gasteiger partial charge in [0.25, 0.3) is 11.5 Å². The molecular formula is C26H18Cl2N4O4. The van der Waals surface area contributed by atoms with E-state index in [1.165, 1.54) is 29.8 Å². The van der Waals surface area contributed by atoms with E-state index in [-0.39, 0.29) is 27.8 Å². The number of hydrogen-bond acceptors (Lipinski definition) is 6. The molecule has 2 heterocycles. The molecule has 0 saturated heterocycles. The van der Waals surface area contributed by atoms with Gasteiger partial charge in [-0.3, -0.25) is 14.0 Å². The monoisotopic (exact) mass is 520 g/mol. The fourth-order valence-corrected chi connectivity index (χ4v) is 3.77. The average Bonchev–Trinajstić information content (AvgIpc) is 2.86. The summed E-state index contributed by atoms with van der Waals surface area (Å²) in [5.41, 5.74) is 0.537. The molecule has 0 aliphatic carbocycles. The molecule has 0 spiro atoms. The number of rotatable bonds is 6. The van der Waals surface area contributed by atoms with E-state index in [1.54, 1.807) is 49.4 Å². The third-order valence-electron chi connectivity index (χ3n) is 5.15. The molecule has 1 N–H and O–H groups in total. The van der Waals surface area contributed by atoms with Crippen molar-refractivity contribution in [2.45, 2.75) is 6.92 Å². The van der Waals surface area contributed by atoms with Crippen LogP contribution in [0.2, 0.25) is 10.0 Å². The maximum Gasteiger partial charge on any atom is 0.269 e. The maximum atomic E-state index is 13.4. The SMILES string of the molecule is COc1ccc(NC(=O)/C(C#N)=C/c2c(Oc3ccc(Cl)cc3Cl)nc3c(C)cccn3c2=O)cc1. The van der Waals surface area contributed by atoms with Gasteiger partial charge in [0.15, 0.2) is 0 Å². The molecule has 0 atom stereocenters. The Hall–Kier alpha value is -4.32. The fourth-order valence-electron chi connectivity index (χ4n) is 3.32. The number of nitrogens with one attached hydrogen (secondary N) is 1. The number of aryl methyl sites for hydroxylation is 1. The Kier molecular flexibility index (Phi) is 7.25. The van der Waals surface area contributed by atoms with Crippen LogP contribution >= 0.6 is 23.2 Å². The van der Waals surface area contributed by atoms with Crippen molar-refractivity contribution in [3.63, 3.8) is 0 Å². The molecule has 36 heavy (non-hydrogen) atoms. The molecule has 0 unspecified atom stereocenters. The van der Waals surface area contributed by atoms with Crippen molar-refractivity contribution in [3.05, 3.63) is 97.9 Å². The van der Waals surface area contributed by atoms with E-state index < -0.39 is 11.5 Å². The normalized spacial score (nSPS) is 11.1. The average molecular weight is 521 g/mol. The lowest BCUT2D eigenvalue weighted by Gasteiger charge is -2.12. The van der Waals surface area contributed by atoms with Gasteiger partial charge in [-0.2, -0.15) is 10.2 Å². The minimum atomic E-state index is -0.716. The molecule has 0 bridgehead atoms. The minimum absolute atomic E-state index is 0.106. The number of fused-ring (bicyclic) bond motifs is 1. The summed E-state index contributed by atoms with van der Waals surface area (Å²) < 4.78 is 12.3. The van der Waals surface area contributed by atoms with E-state index in [0.29, 0.717) is 22.1 Å². The quantitative estimate of drug-likeness (QED) is 0.260. The summed E-state index contributed by atoms with van der Waals surface area (Å²) in [4.78, 5) is 30.8. The molecular weight excluding hydrogens is 503 g/mol. The van der Waals surface area contributed by atoms with Gasteiger partial charge in [0.2, 0.25) is 5.88 Å². The first-order chi connectivity index (χ1) is 17.3. The van der Waals surface area contributed by atoms with Crippen LogP contribution in [0, 0.1) is 18.3 Å². The third kappa shape index (κ3) is 5.18. The summed E-state index contributed by atoms with van der Waals surface area (Å²) in [7, 11) is 1.53. The van der Waals surface area contributed by atoms with E-state index in [4.69, 9.17) is 32.7 Å². The summed E-state index contributed by atoms with van der Waals surface area (Å²) in [6, 6.07) is 16.5. The van der Waals surface area contributed by atoms with Crippen LogP contribution in [-0.2, 0) is 4.79 Å². The van der Waals surface area contributed by atoms with Crippen LogP contribution in [-0.4, -0.2) is 22.4 Å². The Bertz CT molecular complexity index is 1610. The van der Waals surface area contributed by atoms with Crippen LogP contribution in [0.15, 0.2) is 71.2 Å². The molecule has 4 rings (SSSR count). The number of benzene rings is 2. The zero-order valence-electron chi connectivity index (χ0n) is 19.1. The van der Waals surface area contributed by atoms with Crippen LogP contribution in [0.4, 0.5) is 5.69 Å². The summed E-state index contributed by atoms with van der Waals surface area (Å²) in [6.45, 7) is 1.79. The Morgan fingerprint density at radius 3 is 2.58 bits per heavy atom. The van der Waals surface area contributed by atoms with Crippen molar-refractivity contribution in [3.8, 4) is 23.4 Å². The lowest BCUT2D eigenvalue weighted by Crippen LogP contribution is -2.20. The van der Waals surface area contributed by atoms with Gasteiger partial charge >= 0.3 is 0 Å². The number of anilines is 1. The number of carbonyl (C=O) groups is 1. The van der Waals surface area contributed by atoms with Gasteiger partial charge in [0, 0.05) is 16.9 Å². The first-order valence-electron chi connectivity index (χ1n) is 10.5. The van der Waals surface area contributed by atoms with Crippen LogP contribution in [0.1, 0.15) is 11.1 Å². The molecule has 0 radical (unpaired) electrons. The standard InChI is InChI=1S/C26H18Cl2N4O4/c1-15-4-3-11-32-23(15)31-25(36-22-10-5-17(27)13-21(22)28)20(26(32)34)12-16(14-29)24(33)30-18-6-8-19(35-2)9-7-18/h3-13H,1-2H3,(H,30,33)/b16-12+. The van der Waals surface area contributed by atoms with Crippen molar-refractivity contribution < 1.29 is 14.3 Å². The van der Waals surface area contributed by atoms with E-state index >= 15 is 0 Å². The number of pyridine rings is 1. The number of ether oxygens (including phenoxy) is 2. The van der Waals surface area contributed by atoms with Crippen LogP contribution in [0.25, 0.3) is 11.7 Å². The molecule has 0 fully saturated rings. The van der Waals surface area contributed by atoms with Crippen molar-refractivity contribution >= 4 is 46.5 Å². The minimum Gasteiger partial charge on any atom is -0.497 e. The van der Waals surface area contributed by atoms with Crippen molar-refractivity contribution in [2.75, 3.05) is 12.4 Å². The molecule has 1 amide bonds. The smallest absolute Gasteiger partial charge is 0.269 e. The molecule has 0 aliphatic rings. The second kappa shape index (κ2) is 10.5. The number of halogens is 2. The predicted octanol–water partition coefficient (Wildman–Crippen LogP) is 5.66. The fraction of sp³-hybridized carbons (Fsp3) is 0.0769. The number of hydrogen-bond donors (Lipinski definition) is 1. The summed E-state index contributed by atoms with van der Waals surface area (Å²) in [5, 5.41) is 12.9. The molecule has 4 aromatic rings. The largest absolute Gasteiger partial charge is 0.497 e. The van der Waals surface area contributed by atoms with Gasteiger partial charge < -0.3 is 14.8 Å². The molecule has 10 heteroatoms. The van der Waals surface area contributed by atoms with Gasteiger partial charge in [-0.15, -0.1) is 0 Å². The Labute approximate surface area is 215 Å². The molecule has 2 aromatic heterocycles. The lowest BCUT2D eigenvalue weighted by molar-refractivity contribution is -0.112. The third-order valence-corrected chi connectivity index (χ3v) is 5.68. The zero-order valence-corrected chi connectivity index (χ0v) is 20.6. The number of amides is 1. The first-order valence-corrected chi connectivity index (χ1v) is 11.3. The zero-order chi connectivity index (χ0) is 25.8. The summed E-state index contributed by atoms with van der Waals surface area (Å²) in [6.07, 6.45) is 2.68. The van der Waals surface area contributed by atoms with Gasteiger partial charge in [-0.05, 0) is 67.1 Å². The summed E-state index contributed by atoms with van der Waals surface area (Å²) >= 11 is 12.2. The van der Waals surface area contributed by atoms with Gasteiger partial charge in [-0.1, -0.05) is 29.3 Å².